The summed E-state index contributed by atoms with van der Waals surface area (Å²) in [6.45, 7) is 4.42. The van der Waals surface area contributed by atoms with Crippen LogP contribution in [0.25, 0.3) is 0 Å². The van der Waals surface area contributed by atoms with Crippen molar-refractivity contribution >= 4 is 9.52 Å². The Bertz CT molecular complexity index is 162. The van der Waals surface area contributed by atoms with Gasteiger partial charge in [0, 0.05) is 9.52 Å². The first-order valence-corrected chi connectivity index (χ1v) is 6.80. The Morgan fingerprint density at radius 2 is 0.929 bits per heavy atom. The van der Waals surface area contributed by atoms with Crippen LogP contribution in [0.2, 0.25) is 13.1 Å². The van der Waals surface area contributed by atoms with Gasteiger partial charge in [-0.2, -0.15) is 36.4 Å². The predicted molar refractivity (Wildman–Crippen MR) is 62.9 cm³/mol. The molecule has 0 saturated heterocycles. The fourth-order valence-corrected chi connectivity index (χ4v) is 0.642. The third kappa shape index (κ3) is 14.2. The van der Waals surface area contributed by atoms with Gasteiger partial charge in [-0.15, -0.1) is 0 Å². The van der Waals surface area contributed by atoms with Gasteiger partial charge in [0.2, 0.25) is 0 Å². The molecule has 0 nitrogen and oxygen atoms in total. The second kappa shape index (κ2) is 15.1. The van der Waals surface area contributed by atoms with E-state index >= 15 is 0 Å². The van der Waals surface area contributed by atoms with Crippen molar-refractivity contribution in [2.75, 3.05) is 0 Å². The quantitative estimate of drug-likeness (QED) is 0.487. The van der Waals surface area contributed by atoms with E-state index in [-0.39, 0.29) is 21.7 Å². The van der Waals surface area contributed by atoms with Gasteiger partial charge in [0.05, 0.1) is 0 Å². The Kier molecular flexibility index (Phi) is 17.4. The smallest absolute Gasteiger partial charge is 0.214 e. The van der Waals surface area contributed by atoms with Crippen molar-refractivity contribution in [1.82, 2.24) is 0 Å². The van der Waals surface area contributed by atoms with E-state index in [2.05, 4.69) is 13.1 Å². The summed E-state index contributed by atoms with van der Waals surface area (Å²) in [6, 6.07) is 20.0. The van der Waals surface area contributed by atoms with E-state index in [0.29, 0.717) is 0 Å². The van der Waals surface area contributed by atoms with Gasteiger partial charge in [0.1, 0.15) is 0 Å². The van der Waals surface area contributed by atoms with Gasteiger partial charge in [0.15, 0.2) is 0 Å². The predicted octanol–water partition coefficient (Wildman–Crippen LogP) is 3.33. The van der Waals surface area contributed by atoms with Crippen molar-refractivity contribution in [3.8, 4) is 0 Å². The minimum absolute atomic E-state index is 0. The average Bonchev–Trinajstić information content (AvgIpc) is 2.85. The van der Waals surface area contributed by atoms with Gasteiger partial charge >= 0.3 is 21.7 Å². The summed E-state index contributed by atoms with van der Waals surface area (Å²) in [7, 11) is 0.750. The Morgan fingerprint density at radius 1 is 0.714 bits per heavy atom. The van der Waals surface area contributed by atoms with Gasteiger partial charge in [-0.1, -0.05) is 13.1 Å². The molecule has 0 spiro atoms. The fraction of sp³-hybridized carbons (Fsp3) is 0.167. The molecule has 0 bridgehead atoms. The van der Waals surface area contributed by atoms with Gasteiger partial charge in [0.25, 0.3) is 0 Å². The van der Waals surface area contributed by atoms with Crippen molar-refractivity contribution in [2.24, 2.45) is 0 Å². The monoisotopic (exact) mass is 237 g/mol. The molecule has 0 aliphatic carbocycles. The van der Waals surface area contributed by atoms with Crippen molar-refractivity contribution in [2.45, 2.75) is 13.1 Å². The van der Waals surface area contributed by atoms with Crippen LogP contribution in [0.15, 0.2) is 60.7 Å². The van der Waals surface area contributed by atoms with Crippen LogP contribution in [-0.4, -0.2) is 9.52 Å². The molecule has 0 aromatic heterocycles. The van der Waals surface area contributed by atoms with Crippen molar-refractivity contribution < 1.29 is 21.7 Å². The van der Waals surface area contributed by atoms with E-state index in [9.17, 15) is 0 Å². The summed E-state index contributed by atoms with van der Waals surface area (Å²) in [6.07, 6.45) is 0. The molecule has 73 valence electrons. The van der Waals surface area contributed by atoms with E-state index < -0.39 is 0 Å². The zero-order valence-electron chi connectivity index (χ0n) is 8.85. The molecular formula is C12H17SiTi. The average molecular weight is 237 g/mol. The third-order valence-corrected chi connectivity index (χ3v) is 1.11. The Morgan fingerprint density at radius 3 is 1.00 bits per heavy atom. The van der Waals surface area contributed by atoms with Gasteiger partial charge in [-0.25, -0.2) is 24.3 Å². The van der Waals surface area contributed by atoms with Crippen LogP contribution in [0.4, 0.5) is 0 Å². The van der Waals surface area contributed by atoms with Crippen LogP contribution < -0.4 is 0 Å². The van der Waals surface area contributed by atoms with Gasteiger partial charge in [-0.05, 0) is 0 Å². The summed E-state index contributed by atoms with van der Waals surface area (Å²) in [5, 5.41) is 0. The third-order valence-electron chi connectivity index (χ3n) is 1.11. The van der Waals surface area contributed by atoms with Crippen LogP contribution in [0.3, 0.4) is 0 Å². The zero-order chi connectivity index (χ0) is 9.78. The Hall–Kier alpha value is -0.369. The summed E-state index contributed by atoms with van der Waals surface area (Å²) in [5.41, 5.74) is 0. The molecule has 0 amide bonds. The Balaban J connectivity index is 0. The van der Waals surface area contributed by atoms with Crippen LogP contribution in [0.1, 0.15) is 0 Å². The molecule has 2 heteroatoms. The largest absolute Gasteiger partial charge is 2.00 e. The normalized spacial score (nSPS) is 7.00. The first-order chi connectivity index (χ1) is 6.41. The molecule has 2 rings (SSSR count). The Labute approximate surface area is 105 Å². The maximum absolute atomic E-state index is 2.21. The van der Waals surface area contributed by atoms with Gasteiger partial charge in [-0.3, -0.25) is 0 Å². The second-order valence-corrected chi connectivity index (χ2v) is 3.66. The summed E-state index contributed by atoms with van der Waals surface area (Å²) >= 11 is 0. The minimum Gasteiger partial charge on any atom is -0.214 e. The summed E-state index contributed by atoms with van der Waals surface area (Å²) in [4.78, 5) is 0. The maximum atomic E-state index is 2.21. The van der Waals surface area contributed by atoms with E-state index in [1.165, 1.54) is 0 Å². The van der Waals surface area contributed by atoms with Crippen molar-refractivity contribution in [3.63, 3.8) is 0 Å². The first-order valence-electron chi connectivity index (χ1n) is 4.49. The van der Waals surface area contributed by atoms with Crippen LogP contribution in [0.5, 0.6) is 0 Å². The van der Waals surface area contributed by atoms with Crippen molar-refractivity contribution in [3.05, 3.63) is 60.7 Å². The van der Waals surface area contributed by atoms with Crippen LogP contribution in [-0.2, 0) is 21.7 Å². The fourth-order valence-electron chi connectivity index (χ4n) is 0.642. The van der Waals surface area contributed by atoms with Gasteiger partial charge < -0.3 is 0 Å². The van der Waals surface area contributed by atoms with Crippen molar-refractivity contribution in [1.29, 1.82) is 0 Å². The molecule has 0 heterocycles. The zero-order valence-corrected chi connectivity index (χ0v) is 11.6. The molecule has 0 unspecified atom stereocenters. The minimum atomic E-state index is 0. The SMILES string of the molecule is C[SiH]C.[Ti+2].c1cc[cH-]c1.c1cc[cH-]c1. The van der Waals surface area contributed by atoms with Crippen LogP contribution >= 0.6 is 0 Å². The molecule has 0 aliphatic rings. The molecule has 0 saturated carbocycles. The molecule has 14 heavy (non-hydrogen) atoms. The summed E-state index contributed by atoms with van der Waals surface area (Å²) < 4.78 is 0. The molecule has 0 aliphatic heterocycles. The molecule has 1 radical (unpaired) electrons. The molecular weight excluding hydrogens is 220 g/mol. The van der Waals surface area contributed by atoms with E-state index in [1.807, 2.05) is 60.7 Å². The van der Waals surface area contributed by atoms with E-state index in [0.717, 1.165) is 9.52 Å². The number of hydrogen-bond donors (Lipinski definition) is 0. The topological polar surface area (TPSA) is 0 Å². The molecule has 0 atom stereocenters. The first kappa shape index (κ1) is 16.1. The standard InChI is InChI=1S/2C5H5.C2H7Si.Ti/c2*1-2-4-5-3-1;1-3-2;/h2*1-5H;3H,1-2H3;/q2*-1;;+2. The molecule has 0 N–H and O–H groups in total. The number of hydrogen-bond acceptors (Lipinski definition) is 0. The second-order valence-electron chi connectivity index (χ2n) is 2.50. The summed E-state index contributed by atoms with van der Waals surface area (Å²) in [5.74, 6) is 0. The van der Waals surface area contributed by atoms with E-state index in [1.54, 1.807) is 0 Å². The molecule has 2 aromatic carbocycles. The number of rotatable bonds is 0. The molecule has 2 aromatic rings. The maximum Gasteiger partial charge on any atom is 2.00 e. The van der Waals surface area contributed by atoms with Crippen LogP contribution in [0, 0.1) is 0 Å². The van der Waals surface area contributed by atoms with E-state index in [4.69, 9.17) is 0 Å². The molecule has 0 fully saturated rings.